The smallest absolute Gasteiger partial charge is 0.366 e. The fourth-order valence-corrected chi connectivity index (χ4v) is 4.72. The molecule has 0 fully saturated rings. The Balaban J connectivity index is 2.00. The maximum atomic E-state index is 13.6. The third kappa shape index (κ3) is 5.89. The molecule has 0 saturated heterocycles. The third-order valence-electron chi connectivity index (χ3n) is 6.11. The summed E-state index contributed by atoms with van der Waals surface area (Å²) in [5.74, 6) is 0.407. The van der Waals surface area contributed by atoms with Gasteiger partial charge < -0.3 is 14.5 Å². The number of para-hydroxylation sites is 1. The molecule has 3 unspecified atom stereocenters. The number of alkyl halides is 3. The zero-order valence-electron chi connectivity index (χ0n) is 20.1. The van der Waals surface area contributed by atoms with Crippen LogP contribution >= 0.6 is 0 Å². The van der Waals surface area contributed by atoms with E-state index in [9.17, 15) is 13.2 Å². The number of anilines is 1. The zero-order chi connectivity index (χ0) is 23.7. The summed E-state index contributed by atoms with van der Waals surface area (Å²) in [6, 6.07) is 8.29. The highest BCUT2D eigenvalue weighted by molar-refractivity contribution is 5.56. The van der Waals surface area contributed by atoms with Gasteiger partial charge in [0.2, 0.25) is 0 Å². The van der Waals surface area contributed by atoms with Crippen molar-refractivity contribution < 1.29 is 17.9 Å². The summed E-state index contributed by atoms with van der Waals surface area (Å²) >= 11 is 0. The van der Waals surface area contributed by atoms with Crippen molar-refractivity contribution in [3.63, 3.8) is 0 Å². The molecule has 2 aliphatic rings. The summed E-state index contributed by atoms with van der Waals surface area (Å²) in [6.07, 6.45) is 1.96. The summed E-state index contributed by atoms with van der Waals surface area (Å²) in [7, 11) is 0. The topological polar surface area (TPSA) is 15.7 Å². The molecule has 0 N–H and O–H groups in total. The van der Waals surface area contributed by atoms with Crippen molar-refractivity contribution in [3.8, 4) is 0 Å². The van der Waals surface area contributed by atoms with Gasteiger partial charge in [-0.15, -0.1) is 0 Å². The average Bonchev–Trinajstić information content (AvgIpc) is 2.69. The minimum atomic E-state index is -4.40. The van der Waals surface area contributed by atoms with Gasteiger partial charge in [0.1, 0.15) is 6.23 Å². The van der Waals surface area contributed by atoms with Crippen molar-refractivity contribution in [1.82, 2.24) is 4.90 Å². The van der Waals surface area contributed by atoms with Crippen molar-refractivity contribution in [1.29, 1.82) is 0 Å². The number of hydrogen-bond acceptors (Lipinski definition) is 3. The Kier molecular flexibility index (Phi) is 7.33. The summed E-state index contributed by atoms with van der Waals surface area (Å²) in [5.41, 5.74) is 1.40. The van der Waals surface area contributed by atoms with Gasteiger partial charge in [-0.05, 0) is 76.7 Å². The van der Waals surface area contributed by atoms with Crippen LogP contribution in [-0.2, 0) is 11.2 Å². The number of halogens is 3. The molecule has 0 aromatic heterocycles. The fourth-order valence-electron chi connectivity index (χ4n) is 4.72. The van der Waals surface area contributed by atoms with Crippen LogP contribution in [0.5, 0.6) is 0 Å². The van der Waals surface area contributed by atoms with E-state index >= 15 is 0 Å². The van der Waals surface area contributed by atoms with Gasteiger partial charge in [0.05, 0.1) is 11.2 Å². The Hall–Kier alpha value is -1.95. The summed E-state index contributed by atoms with van der Waals surface area (Å²) in [4.78, 5) is 4.19. The molecule has 0 amide bonds. The second kappa shape index (κ2) is 9.50. The van der Waals surface area contributed by atoms with Crippen LogP contribution in [0.3, 0.4) is 0 Å². The van der Waals surface area contributed by atoms with Crippen molar-refractivity contribution in [3.05, 3.63) is 53.8 Å². The number of allylic oxidation sites excluding steroid dienone is 2. The van der Waals surface area contributed by atoms with E-state index in [0.29, 0.717) is 5.92 Å². The molecule has 1 aromatic carbocycles. The minimum Gasteiger partial charge on any atom is -0.366 e. The first-order valence-corrected chi connectivity index (χ1v) is 11.6. The van der Waals surface area contributed by atoms with Crippen LogP contribution in [0.25, 0.3) is 0 Å². The summed E-state index contributed by atoms with van der Waals surface area (Å²) < 4.78 is 47.0. The van der Waals surface area contributed by atoms with Crippen LogP contribution < -0.4 is 4.90 Å². The molecule has 0 saturated carbocycles. The van der Waals surface area contributed by atoms with E-state index in [1.807, 2.05) is 33.8 Å². The predicted molar refractivity (Wildman–Crippen MR) is 125 cm³/mol. The van der Waals surface area contributed by atoms with E-state index in [4.69, 9.17) is 4.74 Å². The van der Waals surface area contributed by atoms with Crippen LogP contribution in [0.1, 0.15) is 59.9 Å². The molecular formula is C26H37F3N2O. The van der Waals surface area contributed by atoms with Gasteiger partial charge in [0, 0.05) is 30.5 Å². The zero-order valence-corrected chi connectivity index (χ0v) is 20.1. The van der Waals surface area contributed by atoms with E-state index in [0.717, 1.165) is 31.9 Å². The molecule has 6 heteroatoms. The monoisotopic (exact) mass is 450 g/mol. The number of nitrogens with zero attached hydrogens (tertiary/aromatic N) is 2. The van der Waals surface area contributed by atoms with Crippen LogP contribution in [0.15, 0.2) is 48.2 Å². The highest BCUT2D eigenvalue weighted by Gasteiger charge is 2.40. The molecule has 1 aromatic rings. The van der Waals surface area contributed by atoms with Crippen LogP contribution in [0.4, 0.5) is 18.9 Å². The number of benzene rings is 1. The molecule has 3 rings (SSSR count). The Morgan fingerprint density at radius 3 is 2.41 bits per heavy atom. The van der Waals surface area contributed by atoms with Crippen LogP contribution in [0.2, 0.25) is 0 Å². The van der Waals surface area contributed by atoms with Gasteiger partial charge in [-0.3, -0.25) is 0 Å². The lowest BCUT2D eigenvalue weighted by Gasteiger charge is -2.48. The SMILES string of the molecule is CC(C)CC(C(C)N1C=C(C(F)(F)F)C=CC1OC(C)(C)C)N1CCCc2ccccc21. The molecule has 2 heterocycles. The first kappa shape index (κ1) is 24.7. The highest BCUT2D eigenvalue weighted by atomic mass is 19.4. The van der Waals surface area contributed by atoms with Crippen molar-refractivity contribution in [2.24, 2.45) is 5.92 Å². The lowest BCUT2D eigenvalue weighted by Crippen LogP contribution is -2.55. The number of aryl methyl sites for hydroxylation is 1. The molecular weight excluding hydrogens is 413 g/mol. The van der Waals surface area contributed by atoms with Gasteiger partial charge in [-0.2, -0.15) is 13.2 Å². The number of ether oxygens (including phenoxy) is 1. The van der Waals surface area contributed by atoms with Crippen LogP contribution in [0, 0.1) is 5.92 Å². The number of rotatable bonds is 6. The quantitative estimate of drug-likeness (QED) is 0.479. The van der Waals surface area contributed by atoms with Crippen molar-refractivity contribution in [2.45, 2.75) is 90.9 Å². The molecule has 0 aliphatic carbocycles. The molecule has 2 aliphatic heterocycles. The Bertz CT molecular complexity index is 838. The predicted octanol–water partition coefficient (Wildman–Crippen LogP) is 6.70. The van der Waals surface area contributed by atoms with Gasteiger partial charge in [-0.25, -0.2) is 0 Å². The molecule has 3 nitrogen and oxygen atoms in total. The Morgan fingerprint density at radius 1 is 1.09 bits per heavy atom. The Labute approximate surface area is 190 Å². The minimum absolute atomic E-state index is 0.0553. The highest BCUT2D eigenvalue weighted by Crippen LogP contribution is 2.36. The van der Waals surface area contributed by atoms with Gasteiger partial charge in [-0.1, -0.05) is 32.0 Å². The molecule has 0 radical (unpaired) electrons. The van der Waals surface area contributed by atoms with Gasteiger partial charge in [0.25, 0.3) is 0 Å². The van der Waals surface area contributed by atoms with Crippen molar-refractivity contribution >= 4 is 5.69 Å². The van der Waals surface area contributed by atoms with E-state index in [1.54, 1.807) is 11.0 Å². The maximum Gasteiger partial charge on any atom is 0.417 e. The molecule has 3 atom stereocenters. The summed E-state index contributed by atoms with van der Waals surface area (Å²) in [5, 5.41) is 0. The van der Waals surface area contributed by atoms with Gasteiger partial charge >= 0.3 is 6.18 Å². The van der Waals surface area contributed by atoms with Gasteiger partial charge in [0.15, 0.2) is 0 Å². The lowest BCUT2D eigenvalue weighted by atomic mass is 9.91. The third-order valence-corrected chi connectivity index (χ3v) is 6.11. The second-order valence-electron chi connectivity index (χ2n) is 10.4. The normalized spacial score (nSPS) is 21.4. The average molecular weight is 451 g/mol. The summed E-state index contributed by atoms with van der Waals surface area (Å²) in [6.45, 7) is 13.1. The molecule has 0 spiro atoms. The number of hydrogen-bond donors (Lipinski definition) is 0. The first-order valence-electron chi connectivity index (χ1n) is 11.6. The molecule has 178 valence electrons. The fraction of sp³-hybridized carbons (Fsp3) is 0.615. The van der Waals surface area contributed by atoms with E-state index in [1.165, 1.54) is 17.5 Å². The largest absolute Gasteiger partial charge is 0.417 e. The second-order valence-corrected chi connectivity index (χ2v) is 10.4. The van der Waals surface area contributed by atoms with Crippen molar-refractivity contribution in [2.75, 3.05) is 11.4 Å². The molecule has 0 bridgehead atoms. The Morgan fingerprint density at radius 2 is 1.78 bits per heavy atom. The van der Waals surface area contributed by atoms with E-state index in [-0.39, 0.29) is 12.1 Å². The van der Waals surface area contributed by atoms with E-state index < -0.39 is 23.6 Å². The lowest BCUT2D eigenvalue weighted by molar-refractivity contribution is -0.115. The maximum absolute atomic E-state index is 13.6. The number of fused-ring (bicyclic) bond motifs is 1. The molecule has 32 heavy (non-hydrogen) atoms. The van der Waals surface area contributed by atoms with Crippen LogP contribution in [-0.4, -0.2) is 41.5 Å². The van der Waals surface area contributed by atoms with E-state index in [2.05, 4.69) is 36.9 Å². The first-order chi connectivity index (χ1) is 14.9. The standard InChI is InChI=1S/C26H37F3N2O/c1-18(2)16-23(30-15-9-11-20-10-7-8-12-22(20)30)19(3)31-17-21(26(27,28)29)13-14-24(31)32-25(4,5)6/h7-8,10,12-14,17-19,23-24H,9,11,15-16H2,1-6H3.